The third-order valence-corrected chi connectivity index (χ3v) is 13.3. The van der Waals surface area contributed by atoms with Crippen LogP contribution in [0.15, 0.2) is 218 Å². The SMILES string of the molecule is Cc1ccc(C)c2ccccc12.Cc1ccc(C)cc1.Cc1ccc2c(C)cccc2c1.Cc1ccc2ccccc2c1C.Cc1cccc(C)c1.Cc1cccc2c(C)cccc12.Cc1ccccc1C. The minimum absolute atomic E-state index is 1.33. The Bertz CT molecular complexity index is 3250. The minimum Gasteiger partial charge on any atom is -0.0620 e. The standard InChI is InChI=1S/4C12H12.3C8H10/c1-9-5-3-8-12-10(2)6-4-7-11(9)12;1-9-6-7-12-10(2)4-3-5-11(12)8-9;1-9-7-8-11-5-3-4-6-12(11)10(9)2;1-9-7-8-10(2)12-6-4-3-5-11(9)12;1-7-3-5-8(2)6-4-7;1-7-4-3-5-8(2)6-7;1-7-5-3-4-6-8(7)2/h4*3-8H,1-2H3;3*3-6H,1-2H3. The summed E-state index contributed by atoms with van der Waals surface area (Å²) in [5, 5.41) is 10.9. The molecule has 11 aromatic carbocycles. The predicted molar refractivity (Wildman–Crippen MR) is 321 cm³/mol. The molecule has 0 radical (unpaired) electrons. The highest BCUT2D eigenvalue weighted by Gasteiger charge is 2.00. The number of fused-ring (bicyclic) bond motifs is 4. The molecule has 0 spiro atoms. The summed E-state index contributed by atoms with van der Waals surface area (Å²) in [6.07, 6.45) is 0. The fraction of sp³-hybridized carbons (Fsp3) is 0.194. The van der Waals surface area contributed by atoms with Crippen LogP contribution in [0, 0.1) is 96.9 Å². The van der Waals surface area contributed by atoms with Crippen molar-refractivity contribution in [3.05, 3.63) is 296 Å². The van der Waals surface area contributed by atoms with Crippen LogP contribution in [-0.4, -0.2) is 0 Å². The molecule has 0 fully saturated rings. The smallest absolute Gasteiger partial charge is 0.0152 e. The van der Waals surface area contributed by atoms with Crippen molar-refractivity contribution >= 4 is 43.1 Å². The molecule has 0 amide bonds. The molecule has 0 aromatic heterocycles. The van der Waals surface area contributed by atoms with Gasteiger partial charge >= 0.3 is 0 Å². The lowest BCUT2D eigenvalue weighted by atomic mass is 10.0. The molecule has 72 heavy (non-hydrogen) atoms. The predicted octanol–water partition coefficient (Wildman–Crippen LogP) is 20.7. The van der Waals surface area contributed by atoms with Crippen LogP contribution in [0.2, 0.25) is 0 Å². The molecule has 0 heterocycles. The van der Waals surface area contributed by atoms with E-state index in [-0.39, 0.29) is 0 Å². The second-order valence-electron chi connectivity index (χ2n) is 19.4. The molecule has 0 N–H and O–H groups in total. The Hall–Kier alpha value is -7.54. The van der Waals surface area contributed by atoms with Crippen molar-refractivity contribution in [1.82, 2.24) is 0 Å². The van der Waals surface area contributed by atoms with Crippen LogP contribution in [-0.2, 0) is 0 Å². The topological polar surface area (TPSA) is 0 Å². The lowest BCUT2D eigenvalue weighted by Gasteiger charge is -2.04. The second-order valence-corrected chi connectivity index (χ2v) is 19.4. The first-order valence-corrected chi connectivity index (χ1v) is 25.4. The minimum atomic E-state index is 1.33. The zero-order valence-corrected chi connectivity index (χ0v) is 45.8. The van der Waals surface area contributed by atoms with E-state index >= 15 is 0 Å². The summed E-state index contributed by atoms with van der Waals surface area (Å²) in [5.41, 5.74) is 18.9. The van der Waals surface area contributed by atoms with E-state index in [0.717, 1.165) is 0 Å². The molecule has 0 aliphatic carbocycles. The number of rotatable bonds is 0. The van der Waals surface area contributed by atoms with Gasteiger partial charge < -0.3 is 0 Å². The highest BCUT2D eigenvalue weighted by atomic mass is 14.0. The third-order valence-electron chi connectivity index (χ3n) is 13.3. The average molecular weight is 943 g/mol. The van der Waals surface area contributed by atoms with Gasteiger partial charge in [-0.25, -0.2) is 0 Å². The molecule has 0 bridgehead atoms. The van der Waals surface area contributed by atoms with Crippen LogP contribution in [0.1, 0.15) is 77.9 Å². The van der Waals surface area contributed by atoms with Crippen LogP contribution >= 0.6 is 0 Å². The van der Waals surface area contributed by atoms with Crippen molar-refractivity contribution in [2.45, 2.75) is 96.9 Å². The number of hydrogen-bond acceptors (Lipinski definition) is 0. The number of aryl methyl sites for hydroxylation is 14. The highest BCUT2D eigenvalue weighted by molar-refractivity contribution is 5.89. The van der Waals surface area contributed by atoms with E-state index in [1.54, 1.807) is 0 Å². The second kappa shape index (κ2) is 27.7. The normalized spacial score (nSPS) is 10.1. The lowest BCUT2D eigenvalue weighted by Crippen LogP contribution is -1.82. The Morgan fingerprint density at radius 3 is 0.944 bits per heavy atom. The lowest BCUT2D eigenvalue weighted by molar-refractivity contribution is 1.34. The Morgan fingerprint density at radius 2 is 0.486 bits per heavy atom. The van der Waals surface area contributed by atoms with Crippen molar-refractivity contribution in [2.24, 2.45) is 0 Å². The van der Waals surface area contributed by atoms with E-state index in [9.17, 15) is 0 Å². The monoisotopic (exact) mass is 943 g/mol. The van der Waals surface area contributed by atoms with Gasteiger partial charge in [0.15, 0.2) is 0 Å². The molecule has 0 unspecified atom stereocenters. The fourth-order valence-corrected chi connectivity index (χ4v) is 8.43. The van der Waals surface area contributed by atoms with Crippen LogP contribution < -0.4 is 0 Å². The van der Waals surface area contributed by atoms with Gasteiger partial charge in [0.1, 0.15) is 0 Å². The summed E-state index contributed by atoms with van der Waals surface area (Å²) in [4.78, 5) is 0. The molecule has 0 atom stereocenters. The molecular formula is C72H78. The van der Waals surface area contributed by atoms with Gasteiger partial charge in [-0.1, -0.05) is 246 Å². The number of hydrogen-bond donors (Lipinski definition) is 0. The molecule has 0 aliphatic rings. The van der Waals surface area contributed by atoms with Gasteiger partial charge in [-0.3, -0.25) is 0 Å². The summed E-state index contributed by atoms with van der Waals surface area (Å²) in [6.45, 7) is 29.9. The van der Waals surface area contributed by atoms with Gasteiger partial charge in [0.25, 0.3) is 0 Å². The number of benzene rings is 11. The van der Waals surface area contributed by atoms with E-state index in [4.69, 9.17) is 0 Å². The molecule has 11 aromatic rings. The summed E-state index contributed by atoms with van der Waals surface area (Å²) in [5.74, 6) is 0. The third kappa shape index (κ3) is 16.8. The molecule has 366 valence electrons. The maximum Gasteiger partial charge on any atom is -0.0152 e. The summed E-state index contributed by atoms with van der Waals surface area (Å²) < 4.78 is 0. The molecule has 0 heteroatoms. The van der Waals surface area contributed by atoms with Crippen molar-refractivity contribution in [2.75, 3.05) is 0 Å². The summed E-state index contributed by atoms with van der Waals surface area (Å²) in [6, 6.07) is 76.9. The van der Waals surface area contributed by atoms with Crippen molar-refractivity contribution in [3.8, 4) is 0 Å². The van der Waals surface area contributed by atoms with Crippen molar-refractivity contribution < 1.29 is 0 Å². The fourth-order valence-electron chi connectivity index (χ4n) is 8.43. The maximum atomic E-state index is 2.22. The Balaban J connectivity index is 0.000000157. The van der Waals surface area contributed by atoms with Gasteiger partial charge in [-0.05, 0) is 190 Å². The van der Waals surface area contributed by atoms with Crippen LogP contribution in [0.3, 0.4) is 0 Å². The van der Waals surface area contributed by atoms with Gasteiger partial charge in [-0.2, -0.15) is 0 Å². The van der Waals surface area contributed by atoms with Gasteiger partial charge in [-0.15, -0.1) is 0 Å². The summed E-state index contributed by atoms with van der Waals surface area (Å²) in [7, 11) is 0. The van der Waals surface area contributed by atoms with Gasteiger partial charge in [0.2, 0.25) is 0 Å². The zero-order valence-electron chi connectivity index (χ0n) is 45.8. The van der Waals surface area contributed by atoms with Crippen molar-refractivity contribution in [3.63, 3.8) is 0 Å². The van der Waals surface area contributed by atoms with Gasteiger partial charge in [0.05, 0.1) is 0 Å². The summed E-state index contributed by atoms with van der Waals surface area (Å²) >= 11 is 0. The van der Waals surface area contributed by atoms with Crippen LogP contribution in [0.5, 0.6) is 0 Å². The maximum absolute atomic E-state index is 2.22. The molecule has 0 saturated carbocycles. The van der Waals surface area contributed by atoms with E-state index in [2.05, 4.69) is 315 Å². The quantitative estimate of drug-likeness (QED) is 0.142. The first-order chi connectivity index (χ1) is 34.5. The van der Waals surface area contributed by atoms with E-state index in [1.807, 2.05) is 0 Å². The average Bonchev–Trinajstić information content (AvgIpc) is 3.37. The first kappa shape index (κ1) is 55.4. The van der Waals surface area contributed by atoms with Crippen LogP contribution in [0.25, 0.3) is 43.1 Å². The molecule has 0 saturated heterocycles. The van der Waals surface area contributed by atoms with E-state index in [1.165, 1.54) is 121 Å². The van der Waals surface area contributed by atoms with Crippen LogP contribution in [0.4, 0.5) is 0 Å². The van der Waals surface area contributed by atoms with Crippen molar-refractivity contribution in [1.29, 1.82) is 0 Å². The van der Waals surface area contributed by atoms with E-state index < -0.39 is 0 Å². The largest absolute Gasteiger partial charge is 0.0620 e. The first-order valence-electron chi connectivity index (χ1n) is 25.4. The molecular weight excluding hydrogens is 865 g/mol. The zero-order chi connectivity index (χ0) is 52.2. The Labute approximate surface area is 434 Å². The molecule has 0 aliphatic heterocycles. The molecule has 0 nitrogen and oxygen atoms in total. The Kier molecular flexibility index (Phi) is 21.3. The molecule has 11 rings (SSSR count). The van der Waals surface area contributed by atoms with Gasteiger partial charge in [0, 0.05) is 0 Å². The Morgan fingerprint density at radius 1 is 0.167 bits per heavy atom. The van der Waals surface area contributed by atoms with E-state index in [0.29, 0.717) is 0 Å². The highest BCUT2D eigenvalue weighted by Crippen LogP contribution is 2.23.